The van der Waals surface area contributed by atoms with E-state index in [9.17, 15) is 9.59 Å². The Morgan fingerprint density at radius 2 is 1.50 bits per heavy atom. The summed E-state index contributed by atoms with van der Waals surface area (Å²) in [5, 5.41) is 11.4. The highest BCUT2D eigenvalue weighted by Gasteiger charge is 2.16. The Labute approximate surface area is 260 Å². The molecule has 0 spiro atoms. The van der Waals surface area contributed by atoms with E-state index in [4.69, 9.17) is 10.7 Å². The number of rotatable bonds is 14. The largest absolute Gasteiger partial charge is 0.397 e. The summed E-state index contributed by atoms with van der Waals surface area (Å²) in [6.45, 7) is 6.82. The number of nitrogens with zero attached hydrogens (tertiary/aromatic N) is 3. The van der Waals surface area contributed by atoms with Crippen LogP contribution in [0.2, 0.25) is 0 Å². The molecule has 1 aliphatic rings. The molecule has 2 amide bonds. The number of nitrogens with one attached hydrogen (secondary N) is 3. The van der Waals surface area contributed by atoms with Crippen molar-refractivity contribution in [3.8, 4) is 0 Å². The van der Waals surface area contributed by atoms with E-state index in [2.05, 4.69) is 39.7 Å². The van der Waals surface area contributed by atoms with Gasteiger partial charge in [0.05, 0.1) is 28.1 Å². The lowest BCUT2D eigenvalue weighted by Crippen LogP contribution is -2.25. The molecule has 1 aromatic heterocycles. The summed E-state index contributed by atoms with van der Waals surface area (Å²) in [4.78, 5) is 35.1. The summed E-state index contributed by atoms with van der Waals surface area (Å²) < 4.78 is 0. The van der Waals surface area contributed by atoms with Crippen molar-refractivity contribution in [2.45, 2.75) is 51.9 Å². The number of nitrogen functional groups attached to an aromatic ring is 1. The van der Waals surface area contributed by atoms with Gasteiger partial charge in [0.1, 0.15) is 0 Å². The molecule has 9 nitrogen and oxygen atoms in total. The van der Waals surface area contributed by atoms with Crippen LogP contribution in [-0.2, 0) is 9.59 Å². The molecule has 3 aromatic carbocycles. The van der Waals surface area contributed by atoms with Gasteiger partial charge in [0.25, 0.3) is 0 Å². The van der Waals surface area contributed by atoms with Crippen LogP contribution >= 0.6 is 0 Å². The summed E-state index contributed by atoms with van der Waals surface area (Å²) in [6.07, 6.45) is 6.83. The summed E-state index contributed by atoms with van der Waals surface area (Å²) >= 11 is 0. The van der Waals surface area contributed by atoms with Crippen molar-refractivity contribution in [1.29, 1.82) is 0 Å². The van der Waals surface area contributed by atoms with Crippen molar-refractivity contribution < 1.29 is 9.59 Å². The minimum Gasteiger partial charge on any atom is -0.397 e. The standard InChI is InChI=1S/C35H45N7O2/c1-3-4-7-18-41(2)21-16-33(43)37-25-12-14-27-31(23-25)39-32-24-26(38-34(44)17-22-42-19-8-9-20-42)13-15-28(32)35(27)40-30-11-6-5-10-29(30)36/h5-6,10-15,23-24H,3-4,7-9,16-22,36H2,1-2H3,(H,37,43)(H,38,44)(H,39,40). The molecular formula is C35H45N7O2. The lowest BCUT2D eigenvalue weighted by atomic mass is 10.1. The fraction of sp³-hybridized carbons (Fsp3) is 0.400. The number of likely N-dealkylation sites (tertiary alicyclic amines) is 1. The Bertz CT molecular complexity index is 1600. The average Bonchev–Trinajstić information content (AvgIpc) is 3.54. The molecule has 4 aromatic rings. The van der Waals surface area contributed by atoms with E-state index in [1.165, 1.54) is 25.7 Å². The summed E-state index contributed by atoms with van der Waals surface area (Å²) in [7, 11) is 2.06. The molecule has 1 fully saturated rings. The SMILES string of the molecule is CCCCCN(C)CCC(=O)Nc1ccc2c(Nc3ccccc3N)c3ccc(NC(=O)CCN4CCCC4)cc3nc2c1. The number of benzene rings is 3. The van der Waals surface area contributed by atoms with Crippen molar-refractivity contribution in [2.24, 2.45) is 0 Å². The van der Waals surface area contributed by atoms with Crippen LogP contribution < -0.4 is 21.7 Å². The highest BCUT2D eigenvalue weighted by Crippen LogP contribution is 2.36. The van der Waals surface area contributed by atoms with E-state index in [1.807, 2.05) is 60.7 Å². The molecule has 232 valence electrons. The van der Waals surface area contributed by atoms with Gasteiger partial charge >= 0.3 is 0 Å². The van der Waals surface area contributed by atoms with Gasteiger partial charge in [-0.25, -0.2) is 4.98 Å². The Morgan fingerprint density at radius 1 is 0.864 bits per heavy atom. The van der Waals surface area contributed by atoms with E-state index in [-0.39, 0.29) is 11.8 Å². The molecule has 0 unspecified atom stereocenters. The molecule has 0 saturated carbocycles. The molecule has 0 radical (unpaired) electrons. The minimum absolute atomic E-state index is 0.00606. The molecule has 2 heterocycles. The van der Waals surface area contributed by atoms with Gasteiger partial charge in [0, 0.05) is 48.1 Å². The van der Waals surface area contributed by atoms with Crippen LogP contribution in [0.5, 0.6) is 0 Å². The maximum Gasteiger partial charge on any atom is 0.225 e. The first-order chi connectivity index (χ1) is 21.4. The van der Waals surface area contributed by atoms with E-state index in [1.54, 1.807) is 0 Å². The molecule has 0 aliphatic carbocycles. The minimum atomic E-state index is -0.0261. The molecule has 44 heavy (non-hydrogen) atoms. The first-order valence-corrected chi connectivity index (χ1v) is 15.9. The Balaban J connectivity index is 1.38. The third-order valence-electron chi connectivity index (χ3n) is 8.28. The summed E-state index contributed by atoms with van der Waals surface area (Å²) in [5.41, 5.74) is 11.4. The van der Waals surface area contributed by atoms with Gasteiger partial charge in [-0.15, -0.1) is 0 Å². The van der Waals surface area contributed by atoms with Crippen molar-refractivity contribution in [1.82, 2.24) is 14.8 Å². The summed E-state index contributed by atoms with van der Waals surface area (Å²) in [6, 6.07) is 19.2. The van der Waals surface area contributed by atoms with Gasteiger partial charge in [-0.2, -0.15) is 0 Å². The number of carbonyl (C=O) groups excluding carboxylic acids is 2. The van der Waals surface area contributed by atoms with Gasteiger partial charge < -0.3 is 31.5 Å². The monoisotopic (exact) mass is 595 g/mol. The van der Waals surface area contributed by atoms with Crippen LogP contribution in [0, 0.1) is 0 Å². The fourth-order valence-corrected chi connectivity index (χ4v) is 5.73. The van der Waals surface area contributed by atoms with Crippen LogP contribution in [0.3, 0.4) is 0 Å². The molecule has 5 rings (SSSR count). The zero-order chi connectivity index (χ0) is 30.9. The second-order valence-corrected chi connectivity index (χ2v) is 11.8. The lowest BCUT2D eigenvalue weighted by molar-refractivity contribution is -0.117. The Morgan fingerprint density at radius 3 is 2.14 bits per heavy atom. The van der Waals surface area contributed by atoms with Gasteiger partial charge in [0.15, 0.2) is 0 Å². The van der Waals surface area contributed by atoms with Crippen LogP contribution in [0.25, 0.3) is 21.8 Å². The summed E-state index contributed by atoms with van der Waals surface area (Å²) in [5.74, 6) is -0.0322. The second-order valence-electron chi connectivity index (χ2n) is 11.8. The van der Waals surface area contributed by atoms with Gasteiger partial charge in [0.2, 0.25) is 11.8 Å². The number of anilines is 5. The van der Waals surface area contributed by atoms with E-state index >= 15 is 0 Å². The third kappa shape index (κ3) is 8.24. The Kier molecular flexibility index (Phi) is 10.6. The number of para-hydroxylation sites is 2. The van der Waals surface area contributed by atoms with Gasteiger partial charge in [-0.3, -0.25) is 9.59 Å². The maximum absolute atomic E-state index is 12.8. The number of carbonyl (C=O) groups is 2. The van der Waals surface area contributed by atoms with E-state index in [0.29, 0.717) is 36.4 Å². The number of nitrogens with two attached hydrogens (primary N) is 1. The van der Waals surface area contributed by atoms with Crippen molar-refractivity contribution in [2.75, 3.05) is 61.5 Å². The molecule has 9 heteroatoms. The normalized spacial score (nSPS) is 13.5. The average molecular weight is 596 g/mol. The molecule has 1 aliphatic heterocycles. The highest BCUT2D eigenvalue weighted by molar-refractivity contribution is 6.11. The van der Waals surface area contributed by atoms with Gasteiger partial charge in [-0.1, -0.05) is 31.9 Å². The second kappa shape index (κ2) is 15.0. The van der Waals surface area contributed by atoms with E-state index in [0.717, 1.165) is 65.8 Å². The van der Waals surface area contributed by atoms with Crippen LogP contribution in [0.15, 0.2) is 60.7 Å². The van der Waals surface area contributed by atoms with Crippen LogP contribution in [-0.4, -0.2) is 66.4 Å². The number of unbranched alkanes of at least 4 members (excludes halogenated alkanes) is 2. The number of fused-ring (bicyclic) bond motifs is 2. The fourth-order valence-electron chi connectivity index (χ4n) is 5.73. The van der Waals surface area contributed by atoms with Crippen LogP contribution in [0.4, 0.5) is 28.4 Å². The molecule has 5 N–H and O–H groups in total. The number of amides is 2. The van der Waals surface area contributed by atoms with E-state index < -0.39 is 0 Å². The smallest absolute Gasteiger partial charge is 0.225 e. The predicted molar refractivity (Wildman–Crippen MR) is 183 cm³/mol. The first kappa shape index (κ1) is 31.2. The first-order valence-electron chi connectivity index (χ1n) is 15.9. The quantitative estimate of drug-likeness (QED) is 0.0739. The molecule has 1 saturated heterocycles. The highest BCUT2D eigenvalue weighted by atomic mass is 16.2. The van der Waals surface area contributed by atoms with Crippen molar-refractivity contribution in [3.05, 3.63) is 60.7 Å². The van der Waals surface area contributed by atoms with Crippen LogP contribution in [0.1, 0.15) is 51.9 Å². The number of hydrogen-bond donors (Lipinski definition) is 4. The predicted octanol–water partition coefficient (Wildman–Crippen LogP) is 6.59. The zero-order valence-corrected chi connectivity index (χ0v) is 26.0. The molecular weight excluding hydrogens is 550 g/mol. The number of pyridine rings is 1. The van der Waals surface area contributed by atoms with Crippen molar-refractivity contribution >= 4 is 62.1 Å². The number of hydrogen-bond acceptors (Lipinski definition) is 7. The number of aromatic nitrogens is 1. The molecule has 0 atom stereocenters. The Hall–Kier alpha value is -4.21. The maximum atomic E-state index is 12.8. The third-order valence-corrected chi connectivity index (χ3v) is 8.28. The van der Waals surface area contributed by atoms with Crippen molar-refractivity contribution in [3.63, 3.8) is 0 Å². The lowest BCUT2D eigenvalue weighted by Gasteiger charge is -2.17. The van der Waals surface area contributed by atoms with Gasteiger partial charge in [-0.05, 0) is 94.5 Å². The topological polar surface area (TPSA) is 116 Å². The molecule has 0 bridgehead atoms. The zero-order valence-electron chi connectivity index (χ0n) is 26.0.